The van der Waals surface area contributed by atoms with E-state index in [1.165, 1.54) is 12.8 Å². The number of pyridine rings is 1. The maximum atomic E-state index is 9.86. The highest BCUT2D eigenvalue weighted by Gasteiger charge is 2.17. The Morgan fingerprint density at radius 2 is 2.17 bits per heavy atom. The third-order valence-corrected chi connectivity index (χ3v) is 3.67. The maximum Gasteiger partial charge on any atom is 0.141 e. The smallest absolute Gasteiger partial charge is 0.141 e. The van der Waals surface area contributed by atoms with E-state index in [4.69, 9.17) is 0 Å². The Labute approximate surface area is 107 Å². The number of phenols is 1. The van der Waals surface area contributed by atoms with Crippen LogP contribution in [0.2, 0.25) is 0 Å². The van der Waals surface area contributed by atoms with Crippen LogP contribution >= 0.6 is 0 Å². The molecule has 94 valence electrons. The number of rotatable bonds is 1. The molecular weight excluding hydrogens is 224 g/mol. The number of anilines is 1. The van der Waals surface area contributed by atoms with Crippen molar-refractivity contribution in [1.29, 1.82) is 0 Å². The van der Waals surface area contributed by atoms with E-state index in [0.29, 0.717) is 5.52 Å². The van der Waals surface area contributed by atoms with Gasteiger partial charge in [-0.2, -0.15) is 0 Å². The van der Waals surface area contributed by atoms with E-state index in [-0.39, 0.29) is 5.75 Å². The quantitative estimate of drug-likeness (QED) is 0.834. The zero-order chi connectivity index (χ0) is 12.5. The monoisotopic (exact) mass is 242 g/mol. The molecule has 0 aliphatic carbocycles. The van der Waals surface area contributed by atoms with Crippen LogP contribution in [-0.4, -0.2) is 23.2 Å². The van der Waals surface area contributed by atoms with E-state index in [1.54, 1.807) is 6.07 Å². The molecule has 18 heavy (non-hydrogen) atoms. The molecule has 1 saturated heterocycles. The summed E-state index contributed by atoms with van der Waals surface area (Å²) in [6.07, 6.45) is 2.52. The molecule has 0 bridgehead atoms. The minimum Gasteiger partial charge on any atom is -0.506 e. The molecule has 0 spiro atoms. The summed E-state index contributed by atoms with van der Waals surface area (Å²) in [5, 5.41) is 10.9. The van der Waals surface area contributed by atoms with Crippen LogP contribution in [0.3, 0.4) is 0 Å². The van der Waals surface area contributed by atoms with Crippen molar-refractivity contribution in [3.8, 4) is 5.75 Å². The van der Waals surface area contributed by atoms with Crippen LogP contribution in [0.15, 0.2) is 30.3 Å². The van der Waals surface area contributed by atoms with Crippen LogP contribution in [0.5, 0.6) is 5.75 Å². The minimum absolute atomic E-state index is 0.263. The van der Waals surface area contributed by atoms with Gasteiger partial charge in [-0.05, 0) is 37.0 Å². The zero-order valence-electron chi connectivity index (χ0n) is 10.6. The van der Waals surface area contributed by atoms with Crippen LogP contribution < -0.4 is 4.90 Å². The standard InChI is InChI=1S/C15H18N2O/c1-11-4-3-9-17(10-11)14-8-7-12-5-2-6-13(18)15(12)16-14/h2,5-8,11,18H,3-4,9-10H2,1H3/t11-/m1/s1. The predicted molar refractivity (Wildman–Crippen MR) is 74.0 cm³/mol. The van der Waals surface area contributed by atoms with Gasteiger partial charge in [0.25, 0.3) is 0 Å². The van der Waals surface area contributed by atoms with Crippen LogP contribution in [-0.2, 0) is 0 Å². The minimum atomic E-state index is 0.263. The molecule has 1 N–H and O–H groups in total. The van der Waals surface area contributed by atoms with Crippen LogP contribution in [0, 0.1) is 5.92 Å². The number of piperidine rings is 1. The summed E-state index contributed by atoms with van der Waals surface area (Å²) in [5.41, 5.74) is 0.702. The van der Waals surface area contributed by atoms with Crippen molar-refractivity contribution < 1.29 is 5.11 Å². The molecule has 0 amide bonds. The Balaban J connectivity index is 1.99. The summed E-state index contributed by atoms with van der Waals surface area (Å²) < 4.78 is 0. The molecule has 1 fully saturated rings. The zero-order valence-corrected chi connectivity index (χ0v) is 10.6. The average Bonchev–Trinajstić information content (AvgIpc) is 2.39. The van der Waals surface area contributed by atoms with Crippen molar-refractivity contribution in [2.24, 2.45) is 5.92 Å². The topological polar surface area (TPSA) is 36.4 Å². The van der Waals surface area contributed by atoms with Gasteiger partial charge in [0, 0.05) is 18.5 Å². The van der Waals surface area contributed by atoms with Crippen molar-refractivity contribution in [2.75, 3.05) is 18.0 Å². The van der Waals surface area contributed by atoms with E-state index < -0.39 is 0 Å². The lowest BCUT2D eigenvalue weighted by atomic mass is 10.0. The summed E-state index contributed by atoms with van der Waals surface area (Å²) in [7, 11) is 0. The van der Waals surface area contributed by atoms with Gasteiger partial charge in [-0.15, -0.1) is 0 Å². The fourth-order valence-electron chi connectivity index (χ4n) is 2.69. The van der Waals surface area contributed by atoms with Gasteiger partial charge in [0.2, 0.25) is 0 Å². The second kappa shape index (κ2) is 4.48. The highest BCUT2D eigenvalue weighted by Crippen LogP contribution is 2.27. The summed E-state index contributed by atoms with van der Waals surface area (Å²) in [6, 6.07) is 9.61. The highest BCUT2D eigenvalue weighted by molar-refractivity contribution is 5.85. The van der Waals surface area contributed by atoms with E-state index in [2.05, 4.69) is 22.9 Å². The fraction of sp³-hybridized carbons (Fsp3) is 0.400. The van der Waals surface area contributed by atoms with E-state index >= 15 is 0 Å². The van der Waals surface area contributed by atoms with Gasteiger partial charge in [0.15, 0.2) is 0 Å². The lowest BCUT2D eigenvalue weighted by molar-refractivity contribution is 0.444. The first-order chi connectivity index (χ1) is 8.74. The van der Waals surface area contributed by atoms with Crippen molar-refractivity contribution in [3.63, 3.8) is 0 Å². The first-order valence-electron chi connectivity index (χ1n) is 6.58. The third-order valence-electron chi connectivity index (χ3n) is 3.67. The second-order valence-corrected chi connectivity index (χ2v) is 5.21. The van der Waals surface area contributed by atoms with Crippen molar-refractivity contribution in [3.05, 3.63) is 30.3 Å². The molecule has 2 heterocycles. The van der Waals surface area contributed by atoms with E-state index in [9.17, 15) is 5.11 Å². The molecule has 1 atom stereocenters. The van der Waals surface area contributed by atoms with E-state index in [0.717, 1.165) is 30.2 Å². The second-order valence-electron chi connectivity index (χ2n) is 5.21. The normalized spacial score (nSPS) is 20.3. The van der Waals surface area contributed by atoms with Gasteiger partial charge in [-0.1, -0.05) is 19.1 Å². The number of phenolic OH excluding ortho intramolecular Hbond substituents is 1. The third kappa shape index (κ3) is 2.01. The maximum absolute atomic E-state index is 9.86. The summed E-state index contributed by atoms with van der Waals surface area (Å²) in [6.45, 7) is 4.41. The number of hydrogen-bond donors (Lipinski definition) is 1. The molecule has 1 aromatic carbocycles. The number of nitrogens with zero attached hydrogens (tertiary/aromatic N) is 2. The molecule has 1 aromatic heterocycles. The molecule has 3 heteroatoms. The van der Waals surface area contributed by atoms with Crippen LogP contribution in [0.4, 0.5) is 5.82 Å². The number of aromatic nitrogens is 1. The Kier molecular flexibility index (Phi) is 2.82. The number of aromatic hydroxyl groups is 1. The SMILES string of the molecule is C[C@@H]1CCCN(c2ccc3cccc(O)c3n2)C1. The van der Waals surface area contributed by atoms with Crippen LogP contribution in [0.1, 0.15) is 19.8 Å². The summed E-state index contributed by atoms with van der Waals surface area (Å²) >= 11 is 0. The largest absolute Gasteiger partial charge is 0.506 e. The lowest BCUT2D eigenvalue weighted by Crippen LogP contribution is -2.34. The molecule has 1 aliphatic heterocycles. The number of benzene rings is 1. The summed E-state index contributed by atoms with van der Waals surface area (Å²) in [5.74, 6) is 1.97. The lowest BCUT2D eigenvalue weighted by Gasteiger charge is -2.31. The van der Waals surface area contributed by atoms with Gasteiger partial charge in [0.1, 0.15) is 17.1 Å². The summed E-state index contributed by atoms with van der Waals surface area (Å²) in [4.78, 5) is 6.93. The fourth-order valence-corrected chi connectivity index (χ4v) is 2.69. The number of hydrogen-bond acceptors (Lipinski definition) is 3. The average molecular weight is 242 g/mol. The van der Waals surface area contributed by atoms with Crippen molar-refractivity contribution in [1.82, 2.24) is 4.98 Å². The molecule has 1 aliphatic rings. The van der Waals surface area contributed by atoms with Crippen molar-refractivity contribution >= 4 is 16.7 Å². The van der Waals surface area contributed by atoms with Gasteiger partial charge in [-0.25, -0.2) is 4.98 Å². The Bertz CT molecular complexity index is 567. The number of para-hydroxylation sites is 1. The van der Waals surface area contributed by atoms with Gasteiger partial charge in [-0.3, -0.25) is 0 Å². The van der Waals surface area contributed by atoms with Gasteiger partial charge >= 0.3 is 0 Å². The molecule has 0 radical (unpaired) electrons. The van der Waals surface area contributed by atoms with Crippen LogP contribution in [0.25, 0.3) is 10.9 Å². The molecule has 3 rings (SSSR count). The van der Waals surface area contributed by atoms with Crippen molar-refractivity contribution in [2.45, 2.75) is 19.8 Å². The number of fused-ring (bicyclic) bond motifs is 1. The molecule has 2 aromatic rings. The highest BCUT2D eigenvalue weighted by atomic mass is 16.3. The Morgan fingerprint density at radius 1 is 1.28 bits per heavy atom. The Morgan fingerprint density at radius 3 is 3.00 bits per heavy atom. The Hall–Kier alpha value is -1.77. The molecular formula is C15H18N2O. The molecule has 0 saturated carbocycles. The van der Waals surface area contributed by atoms with E-state index in [1.807, 2.05) is 18.2 Å². The predicted octanol–water partition coefficient (Wildman–Crippen LogP) is 3.18. The first kappa shape index (κ1) is 11.3. The molecule has 0 unspecified atom stereocenters. The van der Waals surface area contributed by atoms with Gasteiger partial charge < -0.3 is 10.0 Å². The molecule has 3 nitrogen and oxygen atoms in total. The first-order valence-corrected chi connectivity index (χ1v) is 6.58. The van der Waals surface area contributed by atoms with Gasteiger partial charge in [0.05, 0.1) is 0 Å².